The summed E-state index contributed by atoms with van der Waals surface area (Å²) in [7, 11) is -4.74. The summed E-state index contributed by atoms with van der Waals surface area (Å²) in [5.74, 6) is -0.537. The van der Waals surface area contributed by atoms with E-state index in [2.05, 4.69) is 37.9 Å². The van der Waals surface area contributed by atoms with E-state index in [9.17, 15) is 21.6 Å². The quantitative estimate of drug-likeness (QED) is 0.205. The largest absolute Gasteiger partial charge is 0.347 e. The van der Waals surface area contributed by atoms with E-state index in [1.165, 1.54) is 25.4 Å². The van der Waals surface area contributed by atoms with Crippen LogP contribution in [-0.2, 0) is 34.9 Å². The minimum Gasteiger partial charge on any atom is -0.347 e. The molecule has 3 fully saturated rings. The summed E-state index contributed by atoms with van der Waals surface area (Å²) in [6, 6.07) is 13.3. The number of ketones is 1. The molecule has 0 radical (unpaired) electrons. The van der Waals surface area contributed by atoms with Crippen LogP contribution < -0.4 is 5.32 Å². The first-order valence-corrected chi connectivity index (χ1v) is 21.3. The van der Waals surface area contributed by atoms with Gasteiger partial charge in [0.1, 0.15) is 5.60 Å². The Morgan fingerprint density at radius 3 is 1.54 bits per heavy atom. The van der Waals surface area contributed by atoms with Crippen molar-refractivity contribution >= 4 is 25.5 Å². The van der Waals surface area contributed by atoms with Crippen LogP contribution in [0.3, 0.4) is 0 Å². The van der Waals surface area contributed by atoms with Gasteiger partial charge in [0.25, 0.3) is 0 Å². The van der Waals surface area contributed by atoms with Gasteiger partial charge in [-0.25, -0.2) is 16.8 Å². The van der Waals surface area contributed by atoms with Crippen LogP contribution in [0.2, 0.25) is 0 Å². The Bertz CT molecular complexity index is 1520. The topological polar surface area (TPSA) is 122 Å². The van der Waals surface area contributed by atoms with Crippen LogP contribution in [-0.4, -0.2) is 84.5 Å². The average molecular weight is 707 g/mol. The zero-order valence-corrected chi connectivity index (χ0v) is 31.8. The van der Waals surface area contributed by atoms with Gasteiger partial charge in [0.05, 0.1) is 15.3 Å². The Kier molecular flexibility index (Phi) is 14.4. The Morgan fingerprint density at radius 1 is 0.729 bits per heavy atom. The van der Waals surface area contributed by atoms with Crippen molar-refractivity contribution in [1.29, 1.82) is 0 Å². The van der Waals surface area contributed by atoms with Gasteiger partial charge in [-0.3, -0.25) is 9.69 Å². The van der Waals surface area contributed by atoms with E-state index in [0.29, 0.717) is 10.5 Å². The Labute approximate surface area is 290 Å². The highest BCUT2D eigenvalue weighted by Crippen LogP contribution is 2.62. The van der Waals surface area contributed by atoms with Gasteiger partial charge < -0.3 is 14.8 Å². The number of Topliss-reactive ketones (excluding diaryl/α,β-unsaturated/α-hetero) is 1. The number of carbonyl (C=O) groups excluding carboxylic acids is 1. The van der Waals surface area contributed by atoms with Gasteiger partial charge in [0.15, 0.2) is 25.5 Å². The summed E-state index contributed by atoms with van der Waals surface area (Å²) < 4.78 is 57.9. The number of epoxide rings is 1. The van der Waals surface area contributed by atoms with Crippen LogP contribution in [0.15, 0.2) is 58.3 Å². The zero-order valence-electron chi connectivity index (χ0n) is 30.1. The van der Waals surface area contributed by atoms with Gasteiger partial charge in [0.2, 0.25) is 5.79 Å². The van der Waals surface area contributed by atoms with Crippen molar-refractivity contribution in [3.05, 3.63) is 59.7 Å². The van der Waals surface area contributed by atoms with Crippen molar-refractivity contribution in [2.75, 3.05) is 45.8 Å². The number of benzene rings is 2. The minimum atomic E-state index is -3.23. The van der Waals surface area contributed by atoms with Gasteiger partial charge >= 0.3 is 0 Å². The first-order valence-electron chi connectivity index (χ1n) is 17.6. The lowest BCUT2D eigenvalue weighted by atomic mass is 9.75. The fraction of sp³-hybridized carbons (Fsp3) is 0.649. The van der Waals surface area contributed by atoms with Crippen LogP contribution in [0.25, 0.3) is 0 Å². The SMILES string of the molecule is CCN(CC)C1(C(=O)c2ccc(S(C)(=O)=O)cc2)CCCCC1.CCNCC.COC1(c2ccc(S(C)(=O)=O)cc2)OC12CCCCC2. The van der Waals surface area contributed by atoms with Crippen LogP contribution in [0.1, 0.15) is 108 Å². The summed E-state index contributed by atoms with van der Waals surface area (Å²) in [6.45, 7) is 12.3. The molecular formula is C37H58N2O7S2. The molecule has 1 heterocycles. The maximum Gasteiger partial charge on any atom is 0.225 e. The van der Waals surface area contributed by atoms with Crippen LogP contribution in [0.4, 0.5) is 0 Å². The molecule has 1 saturated heterocycles. The molecule has 0 amide bonds. The summed E-state index contributed by atoms with van der Waals surface area (Å²) in [5, 5.41) is 3.11. The zero-order chi connectivity index (χ0) is 35.6. The number of hydrogen-bond donors (Lipinski definition) is 1. The maximum absolute atomic E-state index is 13.3. The van der Waals surface area contributed by atoms with Crippen molar-refractivity contribution < 1.29 is 31.1 Å². The number of hydrogen-bond acceptors (Lipinski definition) is 9. The Balaban J connectivity index is 0.000000230. The first kappa shape index (κ1) is 40.3. The lowest BCUT2D eigenvalue weighted by molar-refractivity contribution is -0.0154. The second-order valence-corrected chi connectivity index (χ2v) is 17.2. The van der Waals surface area contributed by atoms with E-state index in [-0.39, 0.29) is 16.3 Å². The molecular weight excluding hydrogens is 649 g/mol. The van der Waals surface area contributed by atoms with Crippen molar-refractivity contribution in [3.63, 3.8) is 0 Å². The molecule has 48 heavy (non-hydrogen) atoms. The summed E-state index contributed by atoms with van der Waals surface area (Å²) in [5.41, 5.74) is 0.904. The molecule has 1 unspecified atom stereocenters. The molecule has 270 valence electrons. The molecule has 2 aliphatic carbocycles. The van der Waals surface area contributed by atoms with Crippen molar-refractivity contribution in [3.8, 4) is 0 Å². The summed E-state index contributed by atoms with van der Waals surface area (Å²) in [6.07, 6.45) is 13.1. The highest BCUT2D eigenvalue weighted by atomic mass is 32.2. The molecule has 1 spiro atoms. The Morgan fingerprint density at radius 2 is 1.17 bits per heavy atom. The molecule has 1 aliphatic heterocycles. The Hall–Kier alpha value is -2.15. The average Bonchev–Trinajstić information content (AvgIpc) is 3.72. The molecule has 5 rings (SSSR count). The minimum absolute atomic E-state index is 0.140. The molecule has 2 saturated carbocycles. The second-order valence-electron chi connectivity index (χ2n) is 13.1. The van der Waals surface area contributed by atoms with Gasteiger partial charge in [-0.15, -0.1) is 0 Å². The number of methoxy groups -OCH3 is 1. The predicted molar refractivity (Wildman–Crippen MR) is 192 cm³/mol. The molecule has 9 nitrogen and oxygen atoms in total. The lowest BCUT2D eigenvalue weighted by Gasteiger charge is -2.44. The van der Waals surface area contributed by atoms with E-state index >= 15 is 0 Å². The van der Waals surface area contributed by atoms with E-state index < -0.39 is 31.0 Å². The van der Waals surface area contributed by atoms with Gasteiger partial charge in [-0.1, -0.05) is 90.5 Å². The third-order valence-electron chi connectivity index (χ3n) is 10.0. The van der Waals surface area contributed by atoms with Gasteiger partial charge in [-0.2, -0.15) is 0 Å². The third-order valence-corrected chi connectivity index (χ3v) is 12.3. The molecule has 2 aromatic rings. The molecule has 3 aliphatic rings. The molecule has 11 heteroatoms. The summed E-state index contributed by atoms with van der Waals surface area (Å²) >= 11 is 0. The van der Waals surface area contributed by atoms with E-state index in [1.54, 1.807) is 43.5 Å². The number of sulfone groups is 2. The number of carbonyl (C=O) groups is 1. The smallest absolute Gasteiger partial charge is 0.225 e. The van der Waals surface area contributed by atoms with Crippen LogP contribution >= 0.6 is 0 Å². The maximum atomic E-state index is 13.3. The number of nitrogens with one attached hydrogen (secondary N) is 1. The number of rotatable bonds is 11. The molecule has 0 bridgehead atoms. The molecule has 2 aromatic carbocycles. The standard InChI is InChI=1S/C18H27NO3S.C15H20O4S.C4H11N/c1-4-19(5-2)18(13-7-6-8-14-18)17(20)15-9-11-16(12-10-15)23(3,21)22;1-18-15(14(19-15)10-4-3-5-11-14)12-6-8-13(9-7-12)20(2,16)17;1-3-5-4-2/h9-12H,4-8,13-14H2,1-3H3;6-9H,3-5,10-11H2,1-2H3;5H,3-4H2,1-2H3. The fourth-order valence-corrected chi connectivity index (χ4v) is 8.68. The third kappa shape index (κ3) is 9.14. The van der Waals surface area contributed by atoms with Gasteiger partial charge in [0, 0.05) is 30.7 Å². The lowest BCUT2D eigenvalue weighted by Crippen LogP contribution is -2.55. The van der Waals surface area contributed by atoms with Crippen LogP contribution in [0.5, 0.6) is 0 Å². The normalized spacial score (nSPS) is 21.4. The van der Waals surface area contributed by atoms with Crippen molar-refractivity contribution in [2.24, 2.45) is 0 Å². The predicted octanol–water partition coefficient (Wildman–Crippen LogP) is 6.56. The van der Waals surface area contributed by atoms with Crippen molar-refractivity contribution in [1.82, 2.24) is 10.2 Å². The molecule has 1 atom stereocenters. The second kappa shape index (κ2) is 17.2. The number of ether oxygens (including phenoxy) is 2. The highest BCUT2D eigenvalue weighted by molar-refractivity contribution is 7.91. The number of nitrogens with zero attached hydrogens (tertiary/aromatic N) is 1. The van der Waals surface area contributed by atoms with E-state index in [0.717, 1.165) is 83.1 Å². The van der Waals surface area contributed by atoms with Crippen LogP contribution in [0, 0.1) is 0 Å². The monoisotopic (exact) mass is 706 g/mol. The van der Waals surface area contributed by atoms with E-state index in [1.807, 2.05) is 12.1 Å². The molecule has 1 N–H and O–H groups in total. The van der Waals surface area contributed by atoms with Gasteiger partial charge in [-0.05, 0) is 76.1 Å². The van der Waals surface area contributed by atoms with Crippen molar-refractivity contribution in [2.45, 2.75) is 119 Å². The first-order chi connectivity index (χ1) is 22.7. The highest BCUT2D eigenvalue weighted by Gasteiger charge is 2.71. The molecule has 0 aromatic heterocycles. The van der Waals surface area contributed by atoms with E-state index in [4.69, 9.17) is 9.47 Å². The number of likely N-dealkylation sites (N-methyl/N-ethyl adjacent to an activating group) is 1. The summed E-state index contributed by atoms with van der Waals surface area (Å²) in [4.78, 5) is 16.1. The fourth-order valence-electron chi connectivity index (χ4n) is 7.42.